The van der Waals surface area contributed by atoms with Crippen molar-refractivity contribution in [3.8, 4) is 0 Å². The van der Waals surface area contributed by atoms with Gasteiger partial charge in [0.2, 0.25) is 5.95 Å². The van der Waals surface area contributed by atoms with E-state index in [0.29, 0.717) is 17.8 Å². The highest BCUT2D eigenvalue weighted by Gasteiger charge is 2.20. The number of aromatic amines is 1. The number of anilines is 3. The average Bonchev–Trinajstić information content (AvgIpc) is 3.30. The number of pyridine rings is 1. The highest BCUT2D eigenvalue weighted by molar-refractivity contribution is 5.79. The fourth-order valence-corrected chi connectivity index (χ4v) is 3.93. The van der Waals surface area contributed by atoms with Gasteiger partial charge in [-0.05, 0) is 26.8 Å². The Labute approximate surface area is 168 Å². The van der Waals surface area contributed by atoms with Crippen LogP contribution in [-0.4, -0.2) is 41.2 Å². The molecule has 5 rings (SSSR count). The van der Waals surface area contributed by atoms with Crippen LogP contribution in [0.5, 0.6) is 0 Å². The lowest BCUT2D eigenvalue weighted by Crippen LogP contribution is -2.31. The molecule has 0 atom stereocenters. The second-order valence-corrected chi connectivity index (χ2v) is 7.59. The van der Waals surface area contributed by atoms with Crippen LogP contribution >= 0.6 is 0 Å². The molecule has 1 aliphatic rings. The number of hydrogen-bond acceptors (Lipinski definition) is 7. The van der Waals surface area contributed by atoms with Crippen LogP contribution in [0.2, 0.25) is 0 Å². The Balaban J connectivity index is 1.41. The van der Waals surface area contributed by atoms with Gasteiger partial charge < -0.3 is 14.8 Å². The van der Waals surface area contributed by atoms with E-state index in [0.717, 1.165) is 42.2 Å². The molecule has 5 heterocycles. The van der Waals surface area contributed by atoms with Crippen molar-refractivity contribution in [3.05, 3.63) is 47.8 Å². The first-order valence-electron chi connectivity index (χ1n) is 9.79. The summed E-state index contributed by atoms with van der Waals surface area (Å²) in [5.41, 5.74) is 4.36. The van der Waals surface area contributed by atoms with Crippen molar-refractivity contribution in [1.29, 1.82) is 0 Å². The van der Waals surface area contributed by atoms with E-state index < -0.39 is 0 Å². The predicted molar refractivity (Wildman–Crippen MR) is 111 cm³/mol. The third-order valence-electron chi connectivity index (χ3n) is 5.25. The third kappa shape index (κ3) is 3.18. The summed E-state index contributed by atoms with van der Waals surface area (Å²) >= 11 is 0. The minimum atomic E-state index is 0.327. The highest BCUT2D eigenvalue weighted by atomic mass is 15.3. The number of hydrogen-bond donors (Lipinski definition) is 2. The molecular formula is C20H23N9. The first-order valence-corrected chi connectivity index (χ1v) is 9.79. The summed E-state index contributed by atoms with van der Waals surface area (Å²) in [6.45, 7) is 7.95. The molecule has 0 saturated carbocycles. The maximum absolute atomic E-state index is 4.70. The fraction of sp³-hybridized carbons (Fsp3) is 0.350. The first-order chi connectivity index (χ1) is 14.1. The van der Waals surface area contributed by atoms with Crippen LogP contribution in [0.25, 0.3) is 11.0 Å². The molecule has 1 aliphatic heterocycles. The van der Waals surface area contributed by atoms with Crippen LogP contribution in [0.15, 0.2) is 30.7 Å². The molecule has 0 saturated heterocycles. The second-order valence-electron chi connectivity index (χ2n) is 7.59. The van der Waals surface area contributed by atoms with Gasteiger partial charge in [0.05, 0.1) is 17.9 Å². The molecule has 0 aromatic carbocycles. The summed E-state index contributed by atoms with van der Waals surface area (Å²) in [5, 5.41) is 10.5. The van der Waals surface area contributed by atoms with Crippen LogP contribution in [0, 0.1) is 6.92 Å². The van der Waals surface area contributed by atoms with Gasteiger partial charge in [0, 0.05) is 49.1 Å². The lowest BCUT2D eigenvalue weighted by molar-refractivity contribution is 0.600. The van der Waals surface area contributed by atoms with E-state index in [1.807, 2.05) is 25.3 Å². The van der Waals surface area contributed by atoms with Crippen LogP contribution in [0.3, 0.4) is 0 Å². The quantitative estimate of drug-likeness (QED) is 0.553. The molecule has 2 N–H and O–H groups in total. The molecule has 0 amide bonds. The summed E-state index contributed by atoms with van der Waals surface area (Å²) in [4.78, 5) is 20.4. The maximum Gasteiger partial charge on any atom is 0.227 e. The lowest BCUT2D eigenvalue weighted by atomic mass is 10.1. The van der Waals surface area contributed by atoms with Crippen molar-refractivity contribution in [3.63, 3.8) is 0 Å². The third-order valence-corrected chi connectivity index (χ3v) is 5.25. The van der Waals surface area contributed by atoms with Gasteiger partial charge in [-0.3, -0.25) is 5.10 Å². The minimum Gasteiger partial charge on any atom is -0.336 e. The van der Waals surface area contributed by atoms with E-state index in [2.05, 4.69) is 53.8 Å². The second kappa shape index (κ2) is 6.84. The molecule has 0 aliphatic carbocycles. The predicted octanol–water partition coefficient (Wildman–Crippen LogP) is 3.14. The molecule has 0 fully saturated rings. The number of nitrogens with one attached hydrogen (secondary N) is 2. The summed E-state index contributed by atoms with van der Waals surface area (Å²) in [6.07, 6.45) is 6.36. The summed E-state index contributed by atoms with van der Waals surface area (Å²) in [6, 6.07) is 4.21. The number of aryl methyl sites for hydroxylation is 1. The lowest BCUT2D eigenvalue weighted by Gasteiger charge is -2.26. The standard InChI is InChI=1S/C20H23N9/c1-12(2)29-13(3)24-16-10-22-19(8-17(16)29)25-18-4-6-21-20(26-18)28-7-5-15-14(11-28)9-23-27-15/h4,6,8-10,12H,5,7,11H2,1-3H3,(H,23,27)(H,21,22,25,26). The highest BCUT2D eigenvalue weighted by Crippen LogP contribution is 2.25. The van der Waals surface area contributed by atoms with Gasteiger partial charge in [0.25, 0.3) is 0 Å². The van der Waals surface area contributed by atoms with Crippen LogP contribution in [-0.2, 0) is 13.0 Å². The average molecular weight is 389 g/mol. The number of fused-ring (bicyclic) bond motifs is 2. The normalized spacial score (nSPS) is 13.9. The van der Waals surface area contributed by atoms with E-state index in [1.165, 1.54) is 11.3 Å². The van der Waals surface area contributed by atoms with Crippen LogP contribution < -0.4 is 10.2 Å². The Morgan fingerprint density at radius 2 is 2.03 bits per heavy atom. The molecule has 148 valence electrons. The number of aromatic nitrogens is 7. The molecule has 0 radical (unpaired) electrons. The zero-order chi connectivity index (χ0) is 20.0. The molecule has 0 unspecified atom stereocenters. The van der Waals surface area contributed by atoms with Crippen molar-refractivity contribution in [2.75, 3.05) is 16.8 Å². The number of nitrogens with zero attached hydrogens (tertiary/aromatic N) is 7. The van der Waals surface area contributed by atoms with Crippen molar-refractivity contribution in [2.45, 2.75) is 39.8 Å². The molecule has 9 heteroatoms. The molecule has 9 nitrogen and oxygen atoms in total. The van der Waals surface area contributed by atoms with E-state index in [-0.39, 0.29) is 0 Å². The largest absolute Gasteiger partial charge is 0.336 e. The molecule has 29 heavy (non-hydrogen) atoms. The van der Waals surface area contributed by atoms with E-state index in [4.69, 9.17) is 4.98 Å². The van der Waals surface area contributed by atoms with Crippen molar-refractivity contribution in [2.24, 2.45) is 0 Å². The SMILES string of the molecule is Cc1nc2cnc(Nc3ccnc(N4CCc5[nH]ncc5C4)n3)cc2n1C(C)C. The van der Waals surface area contributed by atoms with Gasteiger partial charge >= 0.3 is 0 Å². The molecular weight excluding hydrogens is 366 g/mol. The Bertz CT molecular complexity index is 1170. The maximum atomic E-state index is 4.70. The van der Waals surface area contributed by atoms with Gasteiger partial charge in [-0.2, -0.15) is 10.1 Å². The fourth-order valence-electron chi connectivity index (χ4n) is 3.93. The minimum absolute atomic E-state index is 0.327. The number of H-pyrrole nitrogens is 1. The zero-order valence-electron chi connectivity index (χ0n) is 16.7. The van der Waals surface area contributed by atoms with Crippen LogP contribution in [0.4, 0.5) is 17.6 Å². The molecule has 0 spiro atoms. The van der Waals surface area contributed by atoms with Gasteiger partial charge in [-0.1, -0.05) is 0 Å². The summed E-state index contributed by atoms with van der Waals surface area (Å²) < 4.78 is 2.21. The Hall–Kier alpha value is -3.49. The Morgan fingerprint density at radius 1 is 1.14 bits per heavy atom. The first kappa shape index (κ1) is 17.6. The Morgan fingerprint density at radius 3 is 2.90 bits per heavy atom. The smallest absolute Gasteiger partial charge is 0.227 e. The van der Waals surface area contributed by atoms with Crippen LogP contribution in [0.1, 0.15) is 37.0 Å². The van der Waals surface area contributed by atoms with Gasteiger partial charge in [0.15, 0.2) is 0 Å². The summed E-state index contributed by atoms with van der Waals surface area (Å²) in [7, 11) is 0. The number of imidazole rings is 1. The summed E-state index contributed by atoms with van der Waals surface area (Å²) in [5.74, 6) is 3.14. The monoisotopic (exact) mass is 389 g/mol. The zero-order valence-corrected chi connectivity index (χ0v) is 16.7. The Kier molecular flexibility index (Phi) is 4.15. The number of rotatable bonds is 4. The topological polar surface area (TPSA) is 100 Å². The molecule has 0 bridgehead atoms. The van der Waals surface area contributed by atoms with Gasteiger partial charge in [-0.15, -0.1) is 0 Å². The van der Waals surface area contributed by atoms with E-state index in [9.17, 15) is 0 Å². The van der Waals surface area contributed by atoms with Gasteiger partial charge in [0.1, 0.15) is 23.0 Å². The van der Waals surface area contributed by atoms with Gasteiger partial charge in [-0.25, -0.2) is 15.0 Å². The molecule has 4 aromatic rings. The molecule has 4 aromatic heterocycles. The van der Waals surface area contributed by atoms with Crippen molar-refractivity contribution < 1.29 is 0 Å². The van der Waals surface area contributed by atoms with Crippen molar-refractivity contribution in [1.82, 2.24) is 34.7 Å². The van der Waals surface area contributed by atoms with Crippen molar-refractivity contribution >= 4 is 28.6 Å². The van der Waals surface area contributed by atoms with E-state index >= 15 is 0 Å². The van der Waals surface area contributed by atoms with E-state index in [1.54, 1.807) is 12.4 Å².